The van der Waals surface area contributed by atoms with Crippen LogP contribution in [0.1, 0.15) is 23.1 Å². The molecule has 1 aliphatic rings. The van der Waals surface area contributed by atoms with Gasteiger partial charge in [-0.2, -0.15) is 0 Å². The normalized spacial score (nSPS) is 15.5. The Bertz CT molecular complexity index is 727. The SMILES string of the molecule is COc1ccc(/C=C2/C(=O)CCc3c(OC)cccc32)cc1. The van der Waals surface area contributed by atoms with Crippen molar-refractivity contribution in [3.63, 3.8) is 0 Å². The summed E-state index contributed by atoms with van der Waals surface area (Å²) >= 11 is 0. The number of Topliss-reactive ketones (excluding diaryl/α,β-unsaturated/α-hetero) is 1. The van der Waals surface area contributed by atoms with E-state index < -0.39 is 0 Å². The Morgan fingerprint density at radius 1 is 0.955 bits per heavy atom. The van der Waals surface area contributed by atoms with E-state index in [4.69, 9.17) is 9.47 Å². The Morgan fingerprint density at radius 2 is 1.73 bits per heavy atom. The summed E-state index contributed by atoms with van der Waals surface area (Å²) in [5, 5.41) is 0. The lowest BCUT2D eigenvalue weighted by Gasteiger charge is -2.20. The van der Waals surface area contributed by atoms with Crippen LogP contribution in [0.5, 0.6) is 11.5 Å². The molecule has 0 saturated heterocycles. The first kappa shape index (κ1) is 14.4. The maximum Gasteiger partial charge on any atom is 0.163 e. The van der Waals surface area contributed by atoms with Gasteiger partial charge < -0.3 is 9.47 Å². The molecule has 0 N–H and O–H groups in total. The molecule has 22 heavy (non-hydrogen) atoms. The lowest BCUT2D eigenvalue weighted by atomic mass is 9.85. The van der Waals surface area contributed by atoms with Crippen molar-refractivity contribution in [2.75, 3.05) is 14.2 Å². The number of allylic oxidation sites excluding steroid dienone is 1. The fourth-order valence-corrected chi connectivity index (χ4v) is 2.82. The number of rotatable bonds is 3. The number of ether oxygens (including phenoxy) is 2. The predicted molar refractivity (Wildman–Crippen MR) is 87.2 cm³/mol. The molecule has 0 spiro atoms. The van der Waals surface area contributed by atoms with E-state index in [9.17, 15) is 4.79 Å². The van der Waals surface area contributed by atoms with Crippen molar-refractivity contribution < 1.29 is 14.3 Å². The molecule has 2 aromatic carbocycles. The van der Waals surface area contributed by atoms with E-state index in [0.717, 1.165) is 40.2 Å². The Morgan fingerprint density at radius 3 is 2.41 bits per heavy atom. The Labute approximate surface area is 130 Å². The van der Waals surface area contributed by atoms with Gasteiger partial charge in [-0.1, -0.05) is 24.3 Å². The van der Waals surface area contributed by atoms with Crippen LogP contribution in [0.25, 0.3) is 11.6 Å². The van der Waals surface area contributed by atoms with Gasteiger partial charge in [0.25, 0.3) is 0 Å². The van der Waals surface area contributed by atoms with Gasteiger partial charge in [0.05, 0.1) is 14.2 Å². The van der Waals surface area contributed by atoms with E-state index in [2.05, 4.69) is 0 Å². The Kier molecular flexibility index (Phi) is 3.96. The van der Waals surface area contributed by atoms with Crippen molar-refractivity contribution >= 4 is 17.4 Å². The lowest BCUT2D eigenvalue weighted by Crippen LogP contribution is -2.13. The molecule has 3 rings (SSSR count). The molecule has 0 amide bonds. The first-order chi connectivity index (χ1) is 10.7. The lowest BCUT2D eigenvalue weighted by molar-refractivity contribution is -0.113. The molecule has 112 valence electrons. The molecule has 3 heteroatoms. The van der Waals surface area contributed by atoms with Gasteiger partial charge in [-0.25, -0.2) is 0 Å². The molecule has 0 atom stereocenters. The zero-order chi connectivity index (χ0) is 15.5. The highest BCUT2D eigenvalue weighted by Gasteiger charge is 2.23. The highest BCUT2D eigenvalue weighted by atomic mass is 16.5. The molecule has 0 aromatic heterocycles. The Balaban J connectivity index is 2.06. The van der Waals surface area contributed by atoms with Crippen LogP contribution >= 0.6 is 0 Å². The summed E-state index contributed by atoms with van der Waals surface area (Å²) in [5.74, 6) is 1.83. The van der Waals surface area contributed by atoms with Gasteiger partial charge in [0.1, 0.15) is 11.5 Å². The second kappa shape index (κ2) is 6.06. The second-order valence-corrected chi connectivity index (χ2v) is 5.24. The van der Waals surface area contributed by atoms with Crippen LogP contribution in [-0.2, 0) is 11.2 Å². The summed E-state index contributed by atoms with van der Waals surface area (Å²) in [6.07, 6.45) is 3.20. The van der Waals surface area contributed by atoms with Gasteiger partial charge >= 0.3 is 0 Å². The molecule has 0 unspecified atom stereocenters. The third-order valence-corrected chi connectivity index (χ3v) is 3.97. The van der Waals surface area contributed by atoms with Crippen molar-refractivity contribution in [3.05, 3.63) is 59.2 Å². The average Bonchev–Trinajstić information content (AvgIpc) is 2.57. The molecule has 0 fully saturated rings. The zero-order valence-electron chi connectivity index (χ0n) is 12.8. The van der Waals surface area contributed by atoms with Crippen LogP contribution < -0.4 is 9.47 Å². The second-order valence-electron chi connectivity index (χ2n) is 5.24. The molecule has 3 nitrogen and oxygen atoms in total. The van der Waals surface area contributed by atoms with Gasteiger partial charge in [0.2, 0.25) is 0 Å². The summed E-state index contributed by atoms with van der Waals surface area (Å²) in [6, 6.07) is 13.6. The highest BCUT2D eigenvalue weighted by Crippen LogP contribution is 2.35. The molecule has 0 saturated carbocycles. The van der Waals surface area contributed by atoms with Crippen molar-refractivity contribution in [1.29, 1.82) is 0 Å². The summed E-state index contributed by atoms with van der Waals surface area (Å²) < 4.78 is 10.6. The van der Waals surface area contributed by atoms with Crippen molar-refractivity contribution in [2.24, 2.45) is 0 Å². The van der Waals surface area contributed by atoms with Crippen LogP contribution in [0, 0.1) is 0 Å². The number of methoxy groups -OCH3 is 2. The number of ketones is 1. The molecule has 0 aliphatic heterocycles. The number of benzene rings is 2. The summed E-state index contributed by atoms with van der Waals surface area (Å²) in [6.45, 7) is 0. The largest absolute Gasteiger partial charge is 0.497 e. The Hall–Kier alpha value is -2.55. The number of carbonyl (C=O) groups excluding carboxylic acids is 1. The van der Waals surface area contributed by atoms with Crippen molar-refractivity contribution in [3.8, 4) is 11.5 Å². The van der Waals surface area contributed by atoms with Gasteiger partial charge in [-0.05, 0) is 41.8 Å². The first-order valence-electron chi connectivity index (χ1n) is 7.28. The van der Waals surface area contributed by atoms with Crippen molar-refractivity contribution in [2.45, 2.75) is 12.8 Å². The smallest absolute Gasteiger partial charge is 0.163 e. The fraction of sp³-hybridized carbons (Fsp3) is 0.211. The molecule has 0 bridgehead atoms. The van der Waals surface area contributed by atoms with E-state index >= 15 is 0 Å². The van der Waals surface area contributed by atoms with Crippen molar-refractivity contribution in [1.82, 2.24) is 0 Å². The van der Waals surface area contributed by atoms with Gasteiger partial charge in [-0.3, -0.25) is 4.79 Å². The molecule has 2 aromatic rings. The fourth-order valence-electron chi connectivity index (χ4n) is 2.82. The number of hydrogen-bond donors (Lipinski definition) is 0. The minimum Gasteiger partial charge on any atom is -0.497 e. The van der Waals surface area contributed by atoms with Gasteiger partial charge in [-0.15, -0.1) is 0 Å². The molecular weight excluding hydrogens is 276 g/mol. The molecule has 1 aliphatic carbocycles. The third kappa shape index (κ3) is 2.62. The molecular formula is C19H18O3. The van der Waals surface area contributed by atoms with E-state index in [1.54, 1.807) is 14.2 Å². The minimum absolute atomic E-state index is 0.177. The quantitative estimate of drug-likeness (QED) is 0.809. The van der Waals surface area contributed by atoms with Crippen LogP contribution in [0.15, 0.2) is 42.5 Å². The summed E-state index contributed by atoms with van der Waals surface area (Å²) in [4.78, 5) is 12.4. The highest BCUT2D eigenvalue weighted by molar-refractivity contribution is 6.26. The van der Waals surface area contributed by atoms with Crippen LogP contribution in [-0.4, -0.2) is 20.0 Å². The topological polar surface area (TPSA) is 35.5 Å². The maximum absolute atomic E-state index is 12.4. The average molecular weight is 294 g/mol. The number of fused-ring (bicyclic) bond motifs is 1. The number of hydrogen-bond acceptors (Lipinski definition) is 3. The van der Waals surface area contributed by atoms with Crippen LogP contribution in [0.2, 0.25) is 0 Å². The summed E-state index contributed by atoms with van der Waals surface area (Å²) in [5.41, 5.74) is 3.83. The molecule has 0 heterocycles. The van der Waals surface area contributed by atoms with Gasteiger partial charge in [0, 0.05) is 17.6 Å². The predicted octanol–water partition coefficient (Wildman–Crippen LogP) is 3.76. The number of carbonyl (C=O) groups is 1. The van der Waals surface area contributed by atoms with E-state index in [1.807, 2.05) is 48.5 Å². The summed E-state index contributed by atoms with van der Waals surface area (Å²) in [7, 11) is 3.31. The zero-order valence-corrected chi connectivity index (χ0v) is 12.8. The monoisotopic (exact) mass is 294 g/mol. The van der Waals surface area contributed by atoms with Crippen LogP contribution in [0.4, 0.5) is 0 Å². The van der Waals surface area contributed by atoms with Crippen LogP contribution in [0.3, 0.4) is 0 Å². The maximum atomic E-state index is 12.4. The van der Waals surface area contributed by atoms with Gasteiger partial charge in [0.15, 0.2) is 5.78 Å². The van der Waals surface area contributed by atoms with E-state index in [1.165, 1.54) is 0 Å². The molecule has 0 radical (unpaired) electrons. The standard InChI is InChI=1S/C19H18O3/c1-21-14-8-6-13(7-9-14)12-17-15-4-3-5-19(22-2)16(15)10-11-18(17)20/h3-9,12H,10-11H2,1-2H3/b17-12+. The van der Waals surface area contributed by atoms with E-state index in [-0.39, 0.29) is 5.78 Å². The first-order valence-corrected chi connectivity index (χ1v) is 7.28. The van der Waals surface area contributed by atoms with E-state index in [0.29, 0.717) is 6.42 Å². The minimum atomic E-state index is 0.177. The third-order valence-electron chi connectivity index (χ3n) is 3.97.